The molecule has 9 heteroatoms. The number of aliphatic hydroxyl groups excluding tert-OH is 1. The van der Waals surface area contributed by atoms with Gasteiger partial charge in [-0.3, -0.25) is 4.79 Å². The molecule has 0 bridgehead atoms. The van der Waals surface area contributed by atoms with Gasteiger partial charge in [-0.2, -0.15) is 0 Å². The summed E-state index contributed by atoms with van der Waals surface area (Å²) in [4.78, 5) is 15.4. The second-order valence-electron chi connectivity index (χ2n) is 11.8. The number of carbonyl (C=O) groups is 1. The van der Waals surface area contributed by atoms with E-state index in [1.807, 2.05) is 6.07 Å². The van der Waals surface area contributed by atoms with Crippen LogP contribution in [0.25, 0.3) is 0 Å². The molecule has 0 saturated heterocycles. The summed E-state index contributed by atoms with van der Waals surface area (Å²) in [6, 6.07) is 11.2. The molecule has 1 saturated carbocycles. The number of anilines is 1. The van der Waals surface area contributed by atoms with Gasteiger partial charge in [0.05, 0.1) is 23.6 Å². The number of hydrogen-bond acceptors (Lipinski definition) is 6. The van der Waals surface area contributed by atoms with Gasteiger partial charge in [0.2, 0.25) is 10.0 Å². The predicted molar refractivity (Wildman–Crippen MR) is 163 cm³/mol. The Morgan fingerprint density at radius 2 is 2.07 bits per heavy atom. The minimum atomic E-state index is -3.90. The zero-order chi connectivity index (χ0) is 29.4. The monoisotopic (exact) mass is 598 g/mol. The molecule has 220 valence electrons. The first kappa shape index (κ1) is 29.7. The first-order valence-electron chi connectivity index (χ1n) is 14.3. The molecule has 0 radical (unpaired) electrons. The maximum Gasteiger partial charge on any atom is 0.264 e. The summed E-state index contributed by atoms with van der Waals surface area (Å²) in [5, 5.41) is 10.6. The molecule has 2 aliphatic carbocycles. The van der Waals surface area contributed by atoms with Crippen molar-refractivity contribution >= 4 is 33.2 Å². The second-order valence-corrected chi connectivity index (χ2v) is 14.3. The first-order valence-corrected chi connectivity index (χ1v) is 16.3. The number of nitrogens with one attached hydrogen (secondary N) is 1. The maximum absolute atomic E-state index is 13.1. The van der Waals surface area contributed by atoms with E-state index in [0.717, 1.165) is 42.8 Å². The minimum absolute atomic E-state index is 0.172. The van der Waals surface area contributed by atoms with Crippen molar-refractivity contribution in [3.63, 3.8) is 0 Å². The maximum atomic E-state index is 13.1. The Labute approximate surface area is 248 Å². The largest absolute Gasteiger partial charge is 0.490 e. The van der Waals surface area contributed by atoms with Crippen molar-refractivity contribution in [2.24, 2.45) is 11.8 Å². The molecule has 5 rings (SSSR count). The molecule has 0 unspecified atom stereocenters. The Kier molecular flexibility index (Phi) is 8.56. The van der Waals surface area contributed by atoms with E-state index in [-0.39, 0.29) is 22.8 Å². The van der Waals surface area contributed by atoms with Crippen LogP contribution < -0.4 is 14.4 Å². The Morgan fingerprint density at radius 3 is 2.78 bits per heavy atom. The van der Waals surface area contributed by atoms with Crippen LogP contribution in [0.1, 0.15) is 60.5 Å². The van der Waals surface area contributed by atoms with Gasteiger partial charge >= 0.3 is 0 Å². The lowest BCUT2D eigenvalue weighted by Gasteiger charge is -2.45. The summed E-state index contributed by atoms with van der Waals surface area (Å²) >= 11 is 6.37. The highest BCUT2D eigenvalue weighted by Crippen LogP contribution is 2.46. The van der Waals surface area contributed by atoms with Crippen molar-refractivity contribution in [2.75, 3.05) is 24.6 Å². The van der Waals surface area contributed by atoms with E-state index >= 15 is 0 Å². The number of aryl methyl sites for hydroxylation is 1. The number of rotatable bonds is 9. The number of benzene rings is 2. The zero-order valence-corrected chi connectivity index (χ0v) is 25.1. The van der Waals surface area contributed by atoms with Gasteiger partial charge in [-0.25, -0.2) is 13.1 Å². The third-order valence-corrected chi connectivity index (χ3v) is 11.1. The lowest BCUT2D eigenvalue weighted by molar-refractivity contribution is 0.0178. The van der Waals surface area contributed by atoms with E-state index in [4.69, 9.17) is 16.3 Å². The summed E-state index contributed by atoms with van der Waals surface area (Å²) in [7, 11) is -3.90. The molecule has 5 atom stereocenters. The molecule has 1 fully saturated rings. The van der Waals surface area contributed by atoms with Crippen LogP contribution in [0.2, 0.25) is 5.02 Å². The standard InChI is InChI=1S/C32H39ClN2O5S/c1-4-7-29(36)26-12-9-24(26)18-35-19-32(15-6-8-22-16-25(33)11-13-27(22)32)20-40-30-14-10-23(17-28(30)35)31(37)34-41(38,39)21(3)5-2/h4-5,10-11,13-14,16-17,21,24,26,29,36H,1-2,6-9,12,15,18-20H2,3H3,(H,34,37)/t21-,24+,26-,29+,32+/m1/s1. The van der Waals surface area contributed by atoms with E-state index in [0.29, 0.717) is 31.9 Å². The fraction of sp³-hybridized carbons (Fsp3) is 0.469. The van der Waals surface area contributed by atoms with Gasteiger partial charge in [-0.1, -0.05) is 29.8 Å². The number of sulfonamides is 1. The molecule has 2 N–H and O–H groups in total. The SMILES string of the molecule is C=CC[C@H](O)[C@@H]1CC[C@H]1CN1C[C@@]2(CCCc3cc(Cl)ccc32)COc2ccc(C(=O)NS(=O)(=O)[C@H](C)C=C)cc21. The number of halogens is 1. The summed E-state index contributed by atoms with van der Waals surface area (Å²) in [6.45, 7) is 10.6. The highest BCUT2D eigenvalue weighted by atomic mass is 35.5. The van der Waals surface area contributed by atoms with Crippen molar-refractivity contribution in [2.45, 2.75) is 62.2 Å². The van der Waals surface area contributed by atoms with Crippen LogP contribution in [0, 0.1) is 11.8 Å². The molecule has 2 aromatic carbocycles. The van der Waals surface area contributed by atoms with Crippen molar-refractivity contribution in [1.82, 2.24) is 4.72 Å². The van der Waals surface area contributed by atoms with E-state index in [9.17, 15) is 18.3 Å². The van der Waals surface area contributed by atoms with Gasteiger partial charge in [-0.15, -0.1) is 13.2 Å². The molecule has 2 aromatic rings. The fourth-order valence-corrected chi connectivity index (χ4v) is 7.63. The highest BCUT2D eigenvalue weighted by Gasteiger charge is 2.44. The summed E-state index contributed by atoms with van der Waals surface area (Å²) in [5.41, 5.74) is 3.20. The molecule has 0 aromatic heterocycles. The molecule has 1 spiro atoms. The fourth-order valence-electron chi connectivity index (χ4n) is 6.62. The zero-order valence-electron chi connectivity index (χ0n) is 23.5. The van der Waals surface area contributed by atoms with Crippen molar-refractivity contribution in [3.8, 4) is 5.75 Å². The number of nitrogens with zero attached hydrogens (tertiary/aromatic N) is 1. The quantitative estimate of drug-likeness (QED) is 0.375. The number of aliphatic hydroxyl groups is 1. The van der Waals surface area contributed by atoms with Gasteiger partial charge in [0.25, 0.3) is 5.91 Å². The lowest BCUT2D eigenvalue weighted by Crippen LogP contribution is -2.49. The summed E-state index contributed by atoms with van der Waals surface area (Å²) in [6.07, 6.45) is 8.06. The van der Waals surface area contributed by atoms with E-state index < -0.39 is 27.3 Å². The van der Waals surface area contributed by atoms with Crippen LogP contribution in [-0.4, -0.2) is 50.5 Å². The normalized spacial score (nSPS) is 25.0. The predicted octanol–water partition coefficient (Wildman–Crippen LogP) is 5.41. The Morgan fingerprint density at radius 1 is 1.27 bits per heavy atom. The molecule has 41 heavy (non-hydrogen) atoms. The van der Waals surface area contributed by atoms with Crippen LogP contribution in [-0.2, 0) is 21.9 Å². The van der Waals surface area contributed by atoms with Gasteiger partial charge in [0, 0.05) is 29.1 Å². The van der Waals surface area contributed by atoms with Gasteiger partial charge in [0.15, 0.2) is 0 Å². The number of amides is 1. The first-order chi connectivity index (χ1) is 19.6. The molecule has 3 aliphatic rings. The second kappa shape index (κ2) is 11.8. The van der Waals surface area contributed by atoms with Crippen molar-refractivity contribution in [1.29, 1.82) is 0 Å². The average molecular weight is 599 g/mol. The van der Waals surface area contributed by atoms with E-state index in [2.05, 4.69) is 34.9 Å². The van der Waals surface area contributed by atoms with Crippen LogP contribution in [0.5, 0.6) is 5.75 Å². The molecule has 1 amide bonds. The third-order valence-electron chi connectivity index (χ3n) is 9.19. The number of fused-ring (bicyclic) bond motifs is 3. The lowest BCUT2D eigenvalue weighted by atomic mass is 9.68. The smallest absolute Gasteiger partial charge is 0.264 e. The molecule has 1 heterocycles. The highest BCUT2D eigenvalue weighted by molar-refractivity contribution is 7.90. The van der Waals surface area contributed by atoms with Gasteiger partial charge < -0.3 is 14.7 Å². The van der Waals surface area contributed by atoms with E-state index in [1.54, 1.807) is 24.3 Å². The summed E-state index contributed by atoms with van der Waals surface area (Å²) < 4.78 is 33.8. The number of hydrogen-bond donors (Lipinski definition) is 2. The van der Waals surface area contributed by atoms with Gasteiger partial charge in [0.1, 0.15) is 5.75 Å². The topological polar surface area (TPSA) is 95.9 Å². The molecule has 7 nitrogen and oxygen atoms in total. The van der Waals surface area contributed by atoms with Crippen LogP contribution in [0.15, 0.2) is 61.7 Å². The Balaban J connectivity index is 1.51. The van der Waals surface area contributed by atoms with Gasteiger partial charge in [-0.05, 0) is 98.7 Å². The minimum Gasteiger partial charge on any atom is -0.490 e. The van der Waals surface area contributed by atoms with Crippen LogP contribution in [0.4, 0.5) is 5.69 Å². The molecular weight excluding hydrogens is 560 g/mol. The van der Waals surface area contributed by atoms with E-state index in [1.165, 1.54) is 24.1 Å². The van der Waals surface area contributed by atoms with Crippen LogP contribution in [0.3, 0.4) is 0 Å². The van der Waals surface area contributed by atoms with Crippen molar-refractivity contribution < 1.29 is 23.1 Å². The Hall–Kier alpha value is -2.81. The molecular formula is C32H39ClN2O5S. The average Bonchev–Trinajstić information content (AvgIpc) is 3.07. The third kappa shape index (κ3) is 5.92. The number of carbonyl (C=O) groups excluding carboxylic acids is 1. The van der Waals surface area contributed by atoms with Crippen LogP contribution >= 0.6 is 11.6 Å². The van der Waals surface area contributed by atoms with Crippen molar-refractivity contribution in [3.05, 3.63) is 83.4 Å². The number of ether oxygens (including phenoxy) is 1. The Bertz CT molecular complexity index is 1440. The summed E-state index contributed by atoms with van der Waals surface area (Å²) in [5.74, 6) is 0.406. The molecule has 1 aliphatic heterocycles.